The van der Waals surface area contributed by atoms with Crippen LogP contribution in [0.1, 0.15) is 44.7 Å². The van der Waals surface area contributed by atoms with Crippen molar-refractivity contribution in [2.24, 2.45) is 0 Å². The van der Waals surface area contributed by atoms with Gasteiger partial charge in [-0.3, -0.25) is 0 Å². The van der Waals surface area contributed by atoms with Gasteiger partial charge in [0, 0.05) is 22.1 Å². The summed E-state index contributed by atoms with van der Waals surface area (Å²) < 4.78 is 10.8. The van der Waals surface area contributed by atoms with Crippen LogP contribution in [0.25, 0.3) is 0 Å². The third kappa shape index (κ3) is 2.98. The number of aliphatic hydroxyl groups is 1. The smallest absolute Gasteiger partial charge is 0.164 e. The van der Waals surface area contributed by atoms with Crippen molar-refractivity contribution in [2.45, 2.75) is 39.0 Å². The lowest BCUT2D eigenvalue weighted by molar-refractivity contribution is 0.217. The molecule has 108 valence electrons. The van der Waals surface area contributed by atoms with Gasteiger partial charge in [0.15, 0.2) is 11.5 Å². The molecule has 0 amide bonds. The number of aliphatic hydroxyl groups excluding tert-OH is 1. The molecule has 1 N–H and O–H groups in total. The Balaban J connectivity index is 3.71. The average Bonchev–Trinajstić information content (AvgIpc) is 2.36. The first kappa shape index (κ1) is 16.1. The monoisotopic (exact) mass is 286 g/mol. The maximum absolute atomic E-state index is 9.64. The Hall–Kier alpha value is -0.930. The van der Waals surface area contributed by atoms with Crippen LogP contribution < -0.4 is 9.47 Å². The van der Waals surface area contributed by atoms with Gasteiger partial charge in [0.2, 0.25) is 0 Å². The Labute approximate surface area is 120 Å². The molecule has 1 aromatic rings. The van der Waals surface area contributed by atoms with E-state index in [1.54, 1.807) is 20.3 Å². The van der Waals surface area contributed by atoms with Gasteiger partial charge >= 0.3 is 0 Å². The highest BCUT2D eigenvalue weighted by Gasteiger charge is 2.31. The summed E-state index contributed by atoms with van der Waals surface area (Å²) in [5.41, 5.74) is 1.48. The maximum atomic E-state index is 9.64. The van der Waals surface area contributed by atoms with Crippen molar-refractivity contribution in [3.8, 4) is 11.5 Å². The molecule has 0 saturated carbocycles. The summed E-state index contributed by atoms with van der Waals surface area (Å²) in [6.45, 7) is 8.09. The van der Waals surface area contributed by atoms with Gasteiger partial charge in [-0.25, -0.2) is 0 Å². The Bertz CT molecular complexity index is 453. The number of hydrogen-bond acceptors (Lipinski definition) is 3. The van der Waals surface area contributed by atoms with E-state index in [0.29, 0.717) is 16.5 Å². The van der Waals surface area contributed by atoms with E-state index in [0.717, 1.165) is 11.1 Å². The predicted octanol–water partition coefficient (Wildman–Crippen LogP) is 3.75. The molecular formula is C15H23ClO3. The molecule has 1 aromatic carbocycles. The Morgan fingerprint density at radius 1 is 1.26 bits per heavy atom. The lowest BCUT2D eigenvalue weighted by atomic mass is 9.79. The Kier molecular flexibility index (Phi) is 5.11. The molecule has 0 saturated heterocycles. The SMILES string of the molecule is COc1cc(Cl)c(C(C)(C)CO)c(C(C)C)c1OC. The lowest BCUT2D eigenvalue weighted by Crippen LogP contribution is -2.25. The standard InChI is InChI=1S/C15H23ClO3/c1-9(2)12-13(15(3,4)8-17)10(16)7-11(18-5)14(12)19-6/h7,9,17H,8H2,1-6H3. The molecule has 0 aliphatic rings. The van der Waals surface area contributed by atoms with Crippen LogP contribution in [0.15, 0.2) is 6.07 Å². The molecule has 0 fully saturated rings. The number of ether oxygens (including phenoxy) is 2. The molecule has 0 aliphatic carbocycles. The third-order valence-electron chi connectivity index (χ3n) is 3.31. The second kappa shape index (κ2) is 6.02. The van der Waals surface area contributed by atoms with Crippen LogP contribution in [0, 0.1) is 0 Å². The fourth-order valence-corrected chi connectivity index (χ4v) is 2.76. The minimum Gasteiger partial charge on any atom is -0.493 e. The number of hydrogen-bond donors (Lipinski definition) is 1. The molecule has 19 heavy (non-hydrogen) atoms. The normalized spacial score (nSPS) is 11.8. The molecular weight excluding hydrogens is 264 g/mol. The Morgan fingerprint density at radius 2 is 1.84 bits per heavy atom. The van der Waals surface area contributed by atoms with Gasteiger partial charge in [-0.1, -0.05) is 39.3 Å². The highest BCUT2D eigenvalue weighted by molar-refractivity contribution is 6.31. The molecule has 0 aliphatic heterocycles. The fraction of sp³-hybridized carbons (Fsp3) is 0.600. The molecule has 0 radical (unpaired) electrons. The molecule has 0 aromatic heterocycles. The van der Waals surface area contributed by atoms with E-state index in [9.17, 15) is 5.11 Å². The van der Waals surface area contributed by atoms with E-state index in [4.69, 9.17) is 21.1 Å². The summed E-state index contributed by atoms with van der Waals surface area (Å²) in [6, 6.07) is 1.75. The van der Waals surface area contributed by atoms with Crippen molar-refractivity contribution < 1.29 is 14.6 Å². The third-order valence-corrected chi connectivity index (χ3v) is 3.61. The van der Waals surface area contributed by atoms with Gasteiger partial charge in [-0.05, 0) is 11.5 Å². The number of halogens is 1. The molecule has 3 nitrogen and oxygen atoms in total. The maximum Gasteiger partial charge on any atom is 0.164 e. The summed E-state index contributed by atoms with van der Waals surface area (Å²) >= 11 is 6.40. The predicted molar refractivity (Wildman–Crippen MR) is 78.8 cm³/mol. The molecule has 0 spiro atoms. The van der Waals surface area contributed by atoms with Crippen molar-refractivity contribution in [3.63, 3.8) is 0 Å². The van der Waals surface area contributed by atoms with Gasteiger partial charge in [0.1, 0.15) is 0 Å². The van der Waals surface area contributed by atoms with Crippen LogP contribution in [0.5, 0.6) is 11.5 Å². The van der Waals surface area contributed by atoms with Gasteiger partial charge in [0.05, 0.1) is 20.8 Å². The fourth-order valence-electron chi connectivity index (χ4n) is 2.31. The van der Waals surface area contributed by atoms with E-state index in [1.807, 2.05) is 13.8 Å². The summed E-state index contributed by atoms with van der Waals surface area (Å²) in [6.07, 6.45) is 0. The van der Waals surface area contributed by atoms with Crippen LogP contribution in [0.2, 0.25) is 5.02 Å². The highest BCUT2D eigenvalue weighted by Crippen LogP contribution is 2.46. The number of benzene rings is 1. The van der Waals surface area contributed by atoms with Crippen LogP contribution >= 0.6 is 11.6 Å². The van der Waals surface area contributed by atoms with E-state index < -0.39 is 5.41 Å². The van der Waals surface area contributed by atoms with Gasteiger partial charge in [-0.15, -0.1) is 0 Å². The molecule has 0 bridgehead atoms. The van der Waals surface area contributed by atoms with Crippen LogP contribution in [-0.2, 0) is 5.41 Å². The van der Waals surface area contributed by atoms with Crippen molar-refractivity contribution in [1.82, 2.24) is 0 Å². The minimum atomic E-state index is -0.434. The largest absolute Gasteiger partial charge is 0.493 e. The van der Waals surface area contributed by atoms with Crippen LogP contribution in [-0.4, -0.2) is 25.9 Å². The van der Waals surface area contributed by atoms with E-state index in [-0.39, 0.29) is 12.5 Å². The zero-order valence-corrected chi connectivity index (χ0v) is 13.3. The first-order valence-electron chi connectivity index (χ1n) is 6.35. The second-order valence-electron chi connectivity index (χ2n) is 5.58. The zero-order chi connectivity index (χ0) is 14.8. The molecule has 0 atom stereocenters. The first-order chi connectivity index (χ1) is 8.80. The van der Waals surface area contributed by atoms with E-state index >= 15 is 0 Å². The molecule has 4 heteroatoms. The van der Waals surface area contributed by atoms with Crippen molar-refractivity contribution in [1.29, 1.82) is 0 Å². The van der Waals surface area contributed by atoms with Crippen molar-refractivity contribution >= 4 is 11.6 Å². The van der Waals surface area contributed by atoms with Gasteiger partial charge in [0.25, 0.3) is 0 Å². The Morgan fingerprint density at radius 3 is 2.21 bits per heavy atom. The topological polar surface area (TPSA) is 38.7 Å². The van der Waals surface area contributed by atoms with Crippen molar-refractivity contribution in [2.75, 3.05) is 20.8 Å². The second-order valence-corrected chi connectivity index (χ2v) is 5.99. The number of methoxy groups -OCH3 is 2. The first-order valence-corrected chi connectivity index (χ1v) is 6.73. The van der Waals surface area contributed by atoms with Crippen LogP contribution in [0.4, 0.5) is 0 Å². The summed E-state index contributed by atoms with van der Waals surface area (Å²) in [5.74, 6) is 1.52. The number of rotatable bonds is 5. The molecule has 0 heterocycles. The van der Waals surface area contributed by atoms with Gasteiger partial charge in [-0.2, -0.15) is 0 Å². The molecule has 1 rings (SSSR count). The lowest BCUT2D eigenvalue weighted by Gasteiger charge is -2.30. The zero-order valence-electron chi connectivity index (χ0n) is 12.5. The molecule has 0 unspecified atom stereocenters. The van der Waals surface area contributed by atoms with Gasteiger partial charge < -0.3 is 14.6 Å². The summed E-state index contributed by atoms with van der Waals surface area (Å²) in [5, 5.41) is 10.2. The van der Waals surface area contributed by atoms with E-state index in [1.165, 1.54) is 0 Å². The summed E-state index contributed by atoms with van der Waals surface area (Å²) in [7, 11) is 3.21. The quantitative estimate of drug-likeness (QED) is 0.896. The van der Waals surface area contributed by atoms with Crippen LogP contribution in [0.3, 0.4) is 0 Å². The van der Waals surface area contributed by atoms with Crippen molar-refractivity contribution in [3.05, 3.63) is 22.2 Å². The minimum absolute atomic E-state index is 0.0158. The summed E-state index contributed by atoms with van der Waals surface area (Å²) in [4.78, 5) is 0. The highest BCUT2D eigenvalue weighted by atomic mass is 35.5. The average molecular weight is 287 g/mol. The van der Waals surface area contributed by atoms with E-state index in [2.05, 4.69) is 13.8 Å².